The molecule has 63 heavy (non-hydrogen) atoms. The molecule has 6 bridgehead atoms. The molecule has 4 heterocycles. The summed E-state index contributed by atoms with van der Waals surface area (Å²) in [4.78, 5) is 67.1. The molecule has 10 atom stereocenters. The van der Waals surface area contributed by atoms with Gasteiger partial charge >= 0.3 is 11.9 Å². The van der Waals surface area contributed by atoms with Gasteiger partial charge in [0.1, 0.15) is 49.3 Å². The second kappa shape index (κ2) is 24.8. The van der Waals surface area contributed by atoms with Crippen molar-refractivity contribution in [2.75, 3.05) is 28.0 Å². The van der Waals surface area contributed by atoms with Gasteiger partial charge in [0.2, 0.25) is 17.7 Å². The van der Waals surface area contributed by atoms with Gasteiger partial charge in [-0.05, 0) is 43.9 Å². The molecule has 0 aromatic carbocycles. The van der Waals surface area contributed by atoms with Crippen LogP contribution in [-0.4, -0.2) is 112 Å². The van der Waals surface area contributed by atoms with Crippen LogP contribution in [0.2, 0.25) is 0 Å². The monoisotopic (exact) mass is 882 g/mol. The predicted molar refractivity (Wildman–Crippen MR) is 230 cm³/mol. The molecule has 4 rings (SSSR count). The van der Waals surface area contributed by atoms with Crippen LogP contribution in [0, 0.1) is 23.7 Å². The van der Waals surface area contributed by atoms with Gasteiger partial charge in [0.15, 0.2) is 11.4 Å². The van der Waals surface area contributed by atoms with Crippen LogP contribution in [0.5, 0.6) is 0 Å². The lowest BCUT2D eigenvalue weighted by Crippen LogP contribution is -2.39. The average molecular weight is 883 g/mol. The number of hydrogen-bond donors (Lipinski definition) is 2. The molecule has 0 fully saturated rings. The minimum absolute atomic E-state index is 0.0138. The molecule has 17 heteroatoms. The molecule has 0 aliphatic carbocycles. The lowest BCUT2D eigenvalue weighted by Gasteiger charge is -2.34. The summed E-state index contributed by atoms with van der Waals surface area (Å²) in [6, 6.07) is 0. The minimum Gasteiger partial charge on any atom is -0.462 e. The van der Waals surface area contributed by atoms with Crippen LogP contribution in [0.15, 0.2) is 50.4 Å². The zero-order valence-corrected chi connectivity index (χ0v) is 38.1. The van der Waals surface area contributed by atoms with E-state index in [1.807, 2.05) is 33.8 Å². The van der Waals surface area contributed by atoms with Crippen LogP contribution in [0.3, 0.4) is 0 Å². The molecule has 348 valence electrons. The third-order valence-corrected chi connectivity index (χ3v) is 11.7. The standard InChI is InChI=1S/C46H66N4O13/c1-27(16-17-38(55)30(4)44(62-32(6)52)28(2)18-19-50(7)26-51)40(58-9)22-41-31(5)39(57-8)14-11-15-42-47-36(24-59-42)45-49-37(25-61-45)46-48-35(23-60-46)29(3)20-33(53)12-10-13-34(54)21-43(56)63-41/h11,15,18-19,23-25,27-31,34,39-41,44,51,54H,10,12-14,16-17,20-22,26H2,1-9H3/b15-11?,19-18+/t27-,28+,29-,30+,31+,34-,39-,40-,41-,44+/m0/s1. The molecule has 3 aromatic rings. The number of hydrogen-bond acceptors (Lipinski definition) is 17. The number of rotatable bonds is 15. The number of oxazole rings is 3. The molecule has 0 amide bonds. The van der Waals surface area contributed by atoms with Crippen molar-refractivity contribution >= 4 is 29.6 Å². The highest BCUT2D eigenvalue weighted by Gasteiger charge is 2.35. The largest absolute Gasteiger partial charge is 0.462 e. The highest BCUT2D eigenvalue weighted by molar-refractivity contribution is 5.82. The van der Waals surface area contributed by atoms with Gasteiger partial charge in [-0.2, -0.15) is 0 Å². The number of esters is 2. The van der Waals surface area contributed by atoms with E-state index in [0.29, 0.717) is 42.2 Å². The molecule has 0 radical (unpaired) electrons. The van der Waals surface area contributed by atoms with E-state index < -0.39 is 48.4 Å². The Bertz CT molecular complexity index is 1970. The maximum atomic E-state index is 13.6. The summed E-state index contributed by atoms with van der Waals surface area (Å²) in [5.41, 5.74) is 1.30. The van der Waals surface area contributed by atoms with E-state index in [-0.39, 0.29) is 92.3 Å². The van der Waals surface area contributed by atoms with Crippen molar-refractivity contribution in [1.29, 1.82) is 0 Å². The van der Waals surface area contributed by atoms with Crippen molar-refractivity contribution in [3.63, 3.8) is 0 Å². The van der Waals surface area contributed by atoms with E-state index >= 15 is 0 Å². The van der Waals surface area contributed by atoms with Crippen molar-refractivity contribution in [1.82, 2.24) is 19.9 Å². The molecule has 1 aliphatic rings. The van der Waals surface area contributed by atoms with Gasteiger partial charge in [0.25, 0.3) is 0 Å². The van der Waals surface area contributed by atoms with Crippen LogP contribution in [0.4, 0.5) is 0 Å². The van der Waals surface area contributed by atoms with Gasteiger partial charge in [0.05, 0.1) is 36.3 Å². The zero-order chi connectivity index (χ0) is 46.2. The van der Waals surface area contributed by atoms with Crippen LogP contribution in [0.1, 0.15) is 117 Å². The SMILES string of the molecule is CO[C@H]1CC=Cc2nc(co2)-c2nc(co2)-c2nc(co2)[C@@H](C)CC(=O)CCC[C@H](O)CC(=O)O[C@@H](C[C@H](OC)[C@@H](C)CCC(=O)[C@@H](C)[C@H](OC(C)=O)[C@H](C)/C=C/N(C)CO)[C@@H]1C. The maximum absolute atomic E-state index is 13.6. The van der Waals surface area contributed by atoms with Gasteiger partial charge in [-0.15, -0.1) is 0 Å². The third-order valence-electron chi connectivity index (χ3n) is 11.7. The van der Waals surface area contributed by atoms with Crippen molar-refractivity contribution in [2.45, 2.75) is 136 Å². The fourth-order valence-electron chi connectivity index (χ4n) is 7.67. The molecule has 0 unspecified atom stereocenters. The average Bonchev–Trinajstić information content (AvgIpc) is 4.05. The maximum Gasteiger partial charge on any atom is 0.308 e. The van der Waals surface area contributed by atoms with Gasteiger partial charge in [-0.1, -0.05) is 46.8 Å². The van der Waals surface area contributed by atoms with Crippen molar-refractivity contribution in [3.8, 4) is 23.2 Å². The molecule has 1 aliphatic heterocycles. The number of ketones is 2. The number of carbonyl (C=O) groups is 4. The van der Waals surface area contributed by atoms with Gasteiger partial charge in [-0.3, -0.25) is 19.2 Å². The minimum atomic E-state index is -1.03. The molecular formula is C46H66N4O13. The Morgan fingerprint density at radius 2 is 1.70 bits per heavy atom. The summed E-state index contributed by atoms with van der Waals surface area (Å²) in [6.45, 7) is 10.5. The first-order valence-corrected chi connectivity index (χ1v) is 21.7. The van der Waals surface area contributed by atoms with E-state index in [9.17, 15) is 29.4 Å². The number of cyclic esters (lactones) is 1. The van der Waals surface area contributed by atoms with Crippen LogP contribution in [-0.2, 0) is 38.1 Å². The number of carbonyl (C=O) groups excluding carboxylic acids is 4. The normalized spacial score (nSPS) is 23.2. The summed E-state index contributed by atoms with van der Waals surface area (Å²) in [5.74, 6) is -2.13. The molecule has 0 saturated carbocycles. The van der Waals surface area contributed by atoms with E-state index in [1.165, 1.54) is 25.7 Å². The summed E-state index contributed by atoms with van der Waals surface area (Å²) in [6.07, 6.45) is 10.1. The summed E-state index contributed by atoms with van der Waals surface area (Å²) < 4.78 is 40.6. The van der Waals surface area contributed by atoms with Crippen LogP contribution < -0.4 is 0 Å². The number of aliphatic hydroxyl groups is 2. The van der Waals surface area contributed by atoms with Crippen molar-refractivity contribution < 1.29 is 61.6 Å². The highest BCUT2D eigenvalue weighted by atomic mass is 16.6. The first kappa shape index (κ1) is 50.7. The Balaban J connectivity index is 1.51. The second-order valence-corrected chi connectivity index (χ2v) is 16.8. The zero-order valence-electron chi connectivity index (χ0n) is 38.1. The third kappa shape index (κ3) is 15.4. The molecule has 0 saturated heterocycles. The van der Waals surface area contributed by atoms with Gasteiger partial charge < -0.3 is 47.3 Å². The number of aliphatic hydroxyl groups excluding tert-OH is 2. The number of ether oxygens (including phenoxy) is 4. The summed E-state index contributed by atoms with van der Waals surface area (Å²) >= 11 is 0. The molecule has 0 spiro atoms. The van der Waals surface area contributed by atoms with E-state index in [2.05, 4.69) is 15.0 Å². The number of methoxy groups -OCH3 is 2. The topological polar surface area (TPSA) is 227 Å². The Kier molecular flexibility index (Phi) is 19.9. The van der Waals surface area contributed by atoms with E-state index in [0.717, 1.165) is 0 Å². The summed E-state index contributed by atoms with van der Waals surface area (Å²) in [7, 11) is 4.85. The molecular weight excluding hydrogens is 817 g/mol. The fraction of sp³-hybridized carbons (Fsp3) is 0.630. The van der Waals surface area contributed by atoms with Crippen LogP contribution >= 0.6 is 0 Å². The van der Waals surface area contributed by atoms with Gasteiger partial charge in [-0.25, -0.2) is 15.0 Å². The Labute approximate surface area is 369 Å². The Hall–Kier alpha value is -4.97. The number of Topliss-reactive ketones (excluding diaryl/α,β-unsaturated/α-hetero) is 2. The number of aromatic nitrogens is 3. The Morgan fingerprint density at radius 3 is 2.40 bits per heavy atom. The Morgan fingerprint density at radius 1 is 1.00 bits per heavy atom. The summed E-state index contributed by atoms with van der Waals surface area (Å²) in [5, 5.41) is 20.2. The predicted octanol–water partition coefficient (Wildman–Crippen LogP) is 6.94. The quantitative estimate of drug-likeness (QED) is 0.116. The van der Waals surface area contributed by atoms with E-state index in [1.54, 1.807) is 51.4 Å². The molecule has 2 N–H and O–H groups in total. The fourth-order valence-corrected chi connectivity index (χ4v) is 7.67. The number of fused-ring (bicyclic) bond motifs is 8. The van der Waals surface area contributed by atoms with Crippen molar-refractivity contribution in [3.05, 3.63) is 48.7 Å². The van der Waals surface area contributed by atoms with Crippen molar-refractivity contribution in [2.24, 2.45) is 23.7 Å². The second-order valence-electron chi connectivity index (χ2n) is 16.8. The van der Waals surface area contributed by atoms with Crippen LogP contribution in [0.25, 0.3) is 29.2 Å². The highest BCUT2D eigenvalue weighted by Crippen LogP contribution is 2.31. The molecule has 3 aromatic heterocycles. The number of nitrogens with zero attached hydrogens (tertiary/aromatic N) is 4. The lowest BCUT2D eigenvalue weighted by atomic mass is 9.84. The smallest absolute Gasteiger partial charge is 0.308 e. The van der Waals surface area contributed by atoms with Gasteiger partial charge in [0, 0.05) is 71.6 Å². The molecule has 17 nitrogen and oxygen atoms in total. The first-order chi connectivity index (χ1) is 30.0. The van der Waals surface area contributed by atoms with E-state index in [4.69, 9.17) is 32.2 Å². The lowest BCUT2D eigenvalue weighted by molar-refractivity contribution is -0.160. The first-order valence-electron chi connectivity index (χ1n) is 21.7.